The summed E-state index contributed by atoms with van der Waals surface area (Å²) in [7, 11) is 1.64. The van der Waals surface area contributed by atoms with E-state index in [9.17, 15) is 9.59 Å². The van der Waals surface area contributed by atoms with Gasteiger partial charge in [-0.05, 0) is 37.3 Å². The molecule has 0 aromatic heterocycles. The van der Waals surface area contributed by atoms with Crippen molar-refractivity contribution in [3.05, 3.63) is 35.9 Å². The molecule has 4 nitrogen and oxygen atoms in total. The van der Waals surface area contributed by atoms with Gasteiger partial charge in [0.15, 0.2) is 0 Å². The summed E-state index contributed by atoms with van der Waals surface area (Å²) < 4.78 is 0. The molecule has 1 aromatic rings. The fraction of sp³-hybridized carbons (Fsp3) is 0.467. The van der Waals surface area contributed by atoms with Crippen LogP contribution in [0.4, 0.5) is 0 Å². The molecule has 4 heteroatoms. The van der Waals surface area contributed by atoms with E-state index in [0.717, 1.165) is 19.3 Å². The quantitative estimate of drug-likeness (QED) is 0.872. The summed E-state index contributed by atoms with van der Waals surface area (Å²) in [6, 6.07) is 9.19. The molecule has 3 rings (SSSR count). The molecule has 2 bridgehead atoms. The summed E-state index contributed by atoms with van der Waals surface area (Å²) in [4.78, 5) is 26.5. The Morgan fingerprint density at radius 2 is 1.95 bits per heavy atom. The summed E-state index contributed by atoms with van der Waals surface area (Å²) in [5.74, 6) is 0.287. The zero-order valence-electron chi connectivity index (χ0n) is 11.0. The zero-order chi connectivity index (χ0) is 13.4. The Morgan fingerprint density at radius 1 is 1.21 bits per heavy atom. The number of likely N-dealkylation sites (tertiary alicyclic amines) is 1. The Balaban J connectivity index is 1.90. The molecule has 100 valence electrons. The lowest BCUT2D eigenvalue weighted by Gasteiger charge is -2.34. The van der Waals surface area contributed by atoms with Crippen LogP contribution < -0.4 is 5.32 Å². The van der Waals surface area contributed by atoms with Crippen LogP contribution in [0.25, 0.3) is 0 Å². The van der Waals surface area contributed by atoms with E-state index in [1.807, 2.05) is 35.2 Å². The fourth-order valence-electron chi connectivity index (χ4n) is 3.50. The Bertz CT molecular complexity index is 500. The van der Waals surface area contributed by atoms with Crippen molar-refractivity contribution in [2.24, 2.45) is 5.92 Å². The fourth-order valence-corrected chi connectivity index (χ4v) is 3.50. The molecule has 1 aliphatic heterocycles. The molecule has 1 heterocycles. The summed E-state index contributed by atoms with van der Waals surface area (Å²) in [5.41, 5.74) is 0.670. The van der Waals surface area contributed by atoms with E-state index >= 15 is 0 Å². The van der Waals surface area contributed by atoms with Gasteiger partial charge in [-0.3, -0.25) is 9.59 Å². The highest BCUT2D eigenvalue weighted by molar-refractivity contribution is 5.98. The largest absolute Gasteiger partial charge is 0.357 e. The van der Waals surface area contributed by atoms with Crippen molar-refractivity contribution in [1.29, 1.82) is 0 Å². The molecule has 2 aliphatic rings. The predicted molar refractivity (Wildman–Crippen MR) is 71.6 cm³/mol. The number of hydrogen-bond acceptors (Lipinski definition) is 2. The van der Waals surface area contributed by atoms with E-state index in [-0.39, 0.29) is 23.9 Å². The third kappa shape index (κ3) is 1.91. The maximum Gasteiger partial charge on any atom is 0.254 e. The van der Waals surface area contributed by atoms with Gasteiger partial charge in [-0.15, -0.1) is 0 Å². The van der Waals surface area contributed by atoms with Crippen LogP contribution in [-0.4, -0.2) is 35.8 Å². The maximum atomic E-state index is 12.6. The Hall–Kier alpha value is -1.84. The minimum atomic E-state index is -0.281. The van der Waals surface area contributed by atoms with Crippen molar-refractivity contribution in [3.63, 3.8) is 0 Å². The smallest absolute Gasteiger partial charge is 0.254 e. The van der Waals surface area contributed by atoms with Crippen molar-refractivity contribution >= 4 is 11.8 Å². The molecular weight excluding hydrogens is 240 g/mol. The van der Waals surface area contributed by atoms with Crippen molar-refractivity contribution in [2.45, 2.75) is 31.3 Å². The first-order valence-electron chi connectivity index (χ1n) is 6.81. The maximum absolute atomic E-state index is 12.6. The number of carbonyl (C=O) groups is 2. The average Bonchev–Trinajstić information content (AvgIpc) is 3.07. The van der Waals surface area contributed by atoms with Crippen molar-refractivity contribution in [2.75, 3.05) is 7.05 Å². The topological polar surface area (TPSA) is 49.4 Å². The second-order valence-electron chi connectivity index (χ2n) is 5.36. The van der Waals surface area contributed by atoms with Gasteiger partial charge in [0.05, 0.1) is 0 Å². The standard InChI is InChI=1S/C15H18N2O2/c1-16-14(18)13-11-7-8-12(9-11)17(13)15(19)10-5-3-2-4-6-10/h2-6,11-13H,7-9H2,1H3,(H,16,18). The summed E-state index contributed by atoms with van der Waals surface area (Å²) in [5, 5.41) is 2.70. The number of nitrogens with one attached hydrogen (secondary N) is 1. The Morgan fingerprint density at radius 3 is 2.63 bits per heavy atom. The highest BCUT2D eigenvalue weighted by Crippen LogP contribution is 2.43. The monoisotopic (exact) mass is 258 g/mol. The number of rotatable bonds is 2. The number of nitrogens with zero attached hydrogens (tertiary/aromatic N) is 1. The van der Waals surface area contributed by atoms with E-state index in [1.165, 1.54) is 0 Å². The van der Waals surface area contributed by atoms with Crippen molar-refractivity contribution in [1.82, 2.24) is 10.2 Å². The number of likely N-dealkylation sites (N-methyl/N-ethyl adjacent to an activating group) is 1. The van der Waals surface area contributed by atoms with Gasteiger partial charge < -0.3 is 10.2 Å². The lowest BCUT2D eigenvalue weighted by Crippen LogP contribution is -2.52. The molecule has 2 amide bonds. The normalized spacial score (nSPS) is 28.5. The molecular formula is C15H18N2O2. The molecule has 1 aliphatic carbocycles. The Kier molecular flexibility index (Phi) is 3.01. The molecule has 1 saturated carbocycles. The number of amides is 2. The van der Waals surface area contributed by atoms with Gasteiger partial charge in [0, 0.05) is 18.7 Å². The molecule has 0 radical (unpaired) electrons. The van der Waals surface area contributed by atoms with Gasteiger partial charge in [0.2, 0.25) is 5.91 Å². The summed E-state index contributed by atoms with van der Waals surface area (Å²) >= 11 is 0. The summed E-state index contributed by atoms with van der Waals surface area (Å²) in [6.45, 7) is 0. The summed E-state index contributed by atoms with van der Waals surface area (Å²) in [6.07, 6.45) is 3.05. The molecule has 1 N–H and O–H groups in total. The first-order valence-corrected chi connectivity index (χ1v) is 6.81. The number of fused-ring (bicyclic) bond motifs is 2. The second-order valence-corrected chi connectivity index (χ2v) is 5.36. The first kappa shape index (κ1) is 12.2. The average molecular weight is 258 g/mol. The van der Waals surface area contributed by atoms with E-state index < -0.39 is 0 Å². The number of hydrogen-bond donors (Lipinski definition) is 1. The third-order valence-corrected chi connectivity index (χ3v) is 4.36. The van der Waals surface area contributed by atoms with Crippen LogP contribution in [0.3, 0.4) is 0 Å². The minimum Gasteiger partial charge on any atom is -0.357 e. The highest BCUT2D eigenvalue weighted by Gasteiger charge is 2.51. The van der Waals surface area contributed by atoms with Gasteiger partial charge in [-0.1, -0.05) is 18.2 Å². The molecule has 3 unspecified atom stereocenters. The first-order chi connectivity index (χ1) is 9.22. The van der Waals surface area contributed by atoms with Gasteiger partial charge in [-0.25, -0.2) is 0 Å². The number of carbonyl (C=O) groups excluding carboxylic acids is 2. The molecule has 1 saturated heterocycles. The predicted octanol–water partition coefficient (Wildman–Crippen LogP) is 1.43. The minimum absolute atomic E-state index is 0.0126. The van der Waals surface area contributed by atoms with E-state index in [1.54, 1.807) is 7.05 Å². The Labute approximate surface area is 112 Å². The molecule has 3 atom stereocenters. The molecule has 0 spiro atoms. The van der Waals surface area contributed by atoms with Crippen molar-refractivity contribution in [3.8, 4) is 0 Å². The SMILES string of the molecule is CNC(=O)C1C2CCC(C2)N1C(=O)c1ccccc1. The zero-order valence-corrected chi connectivity index (χ0v) is 11.0. The van der Waals surface area contributed by atoms with E-state index in [2.05, 4.69) is 5.32 Å². The lowest BCUT2D eigenvalue weighted by atomic mass is 9.97. The van der Waals surface area contributed by atoms with E-state index in [4.69, 9.17) is 0 Å². The van der Waals surface area contributed by atoms with Crippen LogP contribution >= 0.6 is 0 Å². The van der Waals surface area contributed by atoms with Crippen LogP contribution in [0.1, 0.15) is 29.6 Å². The molecule has 2 fully saturated rings. The van der Waals surface area contributed by atoms with Gasteiger partial charge in [0.1, 0.15) is 6.04 Å². The lowest BCUT2D eigenvalue weighted by molar-refractivity contribution is -0.126. The van der Waals surface area contributed by atoms with Crippen LogP contribution in [0.15, 0.2) is 30.3 Å². The van der Waals surface area contributed by atoms with Crippen molar-refractivity contribution < 1.29 is 9.59 Å². The van der Waals surface area contributed by atoms with Crippen LogP contribution in [0, 0.1) is 5.92 Å². The highest BCUT2D eigenvalue weighted by atomic mass is 16.2. The van der Waals surface area contributed by atoms with Crippen LogP contribution in [-0.2, 0) is 4.79 Å². The van der Waals surface area contributed by atoms with E-state index in [0.29, 0.717) is 11.5 Å². The molecule has 19 heavy (non-hydrogen) atoms. The number of benzene rings is 1. The second kappa shape index (κ2) is 4.68. The van der Waals surface area contributed by atoms with Gasteiger partial charge in [-0.2, -0.15) is 0 Å². The number of piperidine rings is 1. The van der Waals surface area contributed by atoms with Crippen LogP contribution in [0.5, 0.6) is 0 Å². The van der Waals surface area contributed by atoms with Crippen LogP contribution in [0.2, 0.25) is 0 Å². The third-order valence-electron chi connectivity index (χ3n) is 4.36. The molecule has 1 aromatic carbocycles. The van der Waals surface area contributed by atoms with Gasteiger partial charge >= 0.3 is 0 Å². The van der Waals surface area contributed by atoms with Gasteiger partial charge in [0.25, 0.3) is 5.91 Å².